The highest BCUT2D eigenvalue weighted by Crippen LogP contribution is 2.50. The largest absolute Gasteiger partial charge is 0.384 e. The predicted molar refractivity (Wildman–Crippen MR) is 105 cm³/mol. The summed E-state index contributed by atoms with van der Waals surface area (Å²) in [6.45, 7) is 0. The molecule has 0 amide bonds. The number of aliphatic hydroxyl groups is 1. The Kier molecular flexibility index (Phi) is 3.71. The van der Waals surface area contributed by atoms with Crippen LogP contribution < -0.4 is 0 Å². The molecule has 1 aromatic heterocycles. The Morgan fingerprint density at radius 2 is 1.41 bits per heavy atom. The summed E-state index contributed by atoms with van der Waals surface area (Å²) >= 11 is 1.57. The Hall–Kier alpha value is -2.82. The molecule has 4 heteroatoms. The molecule has 0 bridgehead atoms. The van der Waals surface area contributed by atoms with Gasteiger partial charge in [-0.3, -0.25) is 0 Å². The quantitative estimate of drug-likeness (QED) is 0.406. The maximum atomic E-state index is 14.0. The first-order chi connectivity index (χ1) is 13.1. The highest BCUT2D eigenvalue weighted by molar-refractivity contribution is 7.19. The molecule has 1 heterocycles. The molecular formula is C23H14F2OS. The van der Waals surface area contributed by atoms with E-state index in [-0.39, 0.29) is 11.6 Å². The third kappa shape index (κ3) is 2.60. The van der Waals surface area contributed by atoms with Gasteiger partial charge in [-0.1, -0.05) is 42.5 Å². The average Bonchev–Trinajstić information content (AvgIpc) is 3.10. The van der Waals surface area contributed by atoms with Crippen molar-refractivity contribution < 1.29 is 13.9 Å². The highest BCUT2D eigenvalue weighted by atomic mass is 32.1. The number of fused-ring (bicyclic) bond motifs is 5. The van der Waals surface area contributed by atoms with E-state index in [0.717, 1.165) is 32.0 Å². The fraction of sp³-hybridized carbons (Fsp3) is 0.0435. The number of benzene rings is 3. The summed E-state index contributed by atoms with van der Waals surface area (Å²) in [4.78, 5) is 1.95. The molecule has 0 fully saturated rings. The van der Waals surface area contributed by atoms with Crippen LogP contribution in [0.25, 0.3) is 32.0 Å². The Labute approximate surface area is 159 Å². The van der Waals surface area contributed by atoms with Gasteiger partial charge in [0.25, 0.3) is 0 Å². The van der Waals surface area contributed by atoms with E-state index in [1.165, 1.54) is 24.3 Å². The van der Waals surface area contributed by atoms with Crippen LogP contribution in [0.15, 0.2) is 72.8 Å². The molecule has 0 aliphatic heterocycles. The summed E-state index contributed by atoms with van der Waals surface area (Å²) in [5.74, 6) is -0.620. The van der Waals surface area contributed by atoms with Gasteiger partial charge in [0.15, 0.2) is 0 Å². The van der Waals surface area contributed by atoms with Gasteiger partial charge in [0.1, 0.15) is 17.7 Å². The lowest BCUT2D eigenvalue weighted by Crippen LogP contribution is -2.01. The second kappa shape index (κ2) is 6.12. The topological polar surface area (TPSA) is 20.2 Å². The number of hydrogen-bond acceptors (Lipinski definition) is 2. The van der Waals surface area contributed by atoms with Gasteiger partial charge in [0.05, 0.1) is 0 Å². The van der Waals surface area contributed by atoms with Crippen LogP contribution in [0.5, 0.6) is 0 Å². The minimum absolute atomic E-state index is 0.280. The number of halogens is 2. The number of aliphatic hydroxyl groups excluding tert-OH is 1. The van der Waals surface area contributed by atoms with Gasteiger partial charge >= 0.3 is 0 Å². The standard InChI is InChI=1S/C23H14F2OS/c24-14-7-5-13(6-8-14)21-12-20-19-11-15(25)9-10-17(19)22(26)16-3-1-2-4-18(16)23(20)27-21/h1-12,22,26H. The molecule has 1 aliphatic carbocycles. The van der Waals surface area contributed by atoms with Crippen molar-refractivity contribution in [3.63, 3.8) is 0 Å². The van der Waals surface area contributed by atoms with Crippen molar-refractivity contribution in [3.05, 3.63) is 95.6 Å². The van der Waals surface area contributed by atoms with Crippen LogP contribution in [0.4, 0.5) is 8.78 Å². The first-order valence-electron chi connectivity index (χ1n) is 8.59. The molecule has 132 valence electrons. The summed E-state index contributed by atoms with van der Waals surface area (Å²) < 4.78 is 27.3. The molecule has 0 spiro atoms. The molecule has 0 radical (unpaired) electrons. The van der Waals surface area contributed by atoms with Crippen molar-refractivity contribution in [2.75, 3.05) is 0 Å². The van der Waals surface area contributed by atoms with Crippen molar-refractivity contribution in [3.8, 4) is 32.0 Å². The SMILES string of the molecule is OC1c2ccc(F)cc2-c2cc(-c3ccc(F)cc3)sc2-c2ccccc21. The summed E-state index contributed by atoms with van der Waals surface area (Å²) in [6, 6.07) is 20.6. The molecule has 1 atom stereocenters. The first kappa shape index (κ1) is 16.4. The predicted octanol–water partition coefficient (Wildman–Crippen LogP) is 6.42. The molecule has 1 aliphatic rings. The molecule has 5 rings (SSSR count). The summed E-state index contributed by atoms with van der Waals surface area (Å²) in [7, 11) is 0. The third-order valence-electron chi connectivity index (χ3n) is 4.96. The second-order valence-electron chi connectivity index (χ2n) is 6.58. The van der Waals surface area contributed by atoms with Gasteiger partial charge in [-0.05, 0) is 58.1 Å². The van der Waals surface area contributed by atoms with Crippen LogP contribution in [0.1, 0.15) is 17.2 Å². The number of hydrogen-bond donors (Lipinski definition) is 1. The van der Waals surface area contributed by atoms with Gasteiger partial charge in [0.2, 0.25) is 0 Å². The van der Waals surface area contributed by atoms with Crippen molar-refractivity contribution >= 4 is 11.3 Å². The Balaban J connectivity index is 1.82. The summed E-state index contributed by atoms with van der Waals surface area (Å²) in [5, 5.41) is 10.9. The van der Waals surface area contributed by atoms with Gasteiger partial charge < -0.3 is 5.11 Å². The van der Waals surface area contributed by atoms with Gasteiger partial charge in [-0.15, -0.1) is 11.3 Å². The zero-order chi connectivity index (χ0) is 18.5. The minimum atomic E-state index is -0.814. The van der Waals surface area contributed by atoms with Crippen LogP contribution in [0.2, 0.25) is 0 Å². The molecule has 1 N–H and O–H groups in total. The molecule has 1 nitrogen and oxygen atoms in total. The van der Waals surface area contributed by atoms with Gasteiger partial charge in [0, 0.05) is 15.3 Å². The lowest BCUT2D eigenvalue weighted by molar-refractivity contribution is 0.221. The van der Waals surface area contributed by atoms with E-state index in [0.29, 0.717) is 11.1 Å². The van der Waals surface area contributed by atoms with Crippen molar-refractivity contribution in [1.82, 2.24) is 0 Å². The average molecular weight is 376 g/mol. The molecule has 27 heavy (non-hydrogen) atoms. The van der Waals surface area contributed by atoms with Gasteiger partial charge in [-0.25, -0.2) is 8.78 Å². The highest BCUT2D eigenvalue weighted by Gasteiger charge is 2.27. The Morgan fingerprint density at radius 3 is 2.22 bits per heavy atom. The van der Waals surface area contributed by atoms with E-state index in [1.54, 1.807) is 29.5 Å². The summed E-state index contributed by atoms with van der Waals surface area (Å²) in [5.41, 5.74) is 4.92. The summed E-state index contributed by atoms with van der Waals surface area (Å²) in [6.07, 6.45) is -0.814. The first-order valence-corrected chi connectivity index (χ1v) is 9.40. The van der Waals surface area contributed by atoms with Crippen LogP contribution >= 0.6 is 11.3 Å². The fourth-order valence-corrected chi connectivity index (χ4v) is 4.88. The van der Waals surface area contributed by atoms with E-state index in [2.05, 4.69) is 0 Å². The maximum absolute atomic E-state index is 14.0. The van der Waals surface area contributed by atoms with Crippen LogP contribution in [0.3, 0.4) is 0 Å². The van der Waals surface area contributed by atoms with Crippen molar-refractivity contribution in [1.29, 1.82) is 0 Å². The normalized spacial score (nSPS) is 14.9. The molecule has 4 aromatic rings. The number of rotatable bonds is 1. The van der Waals surface area contributed by atoms with E-state index < -0.39 is 6.10 Å². The van der Waals surface area contributed by atoms with Crippen LogP contribution in [0, 0.1) is 11.6 Å². The van der Waals surface area contributed by atoms with E-state index in [1.807, 2.05) is 30.3 Å². The molecule has 0 saturated carbocycles. The molecular weight excluding hydrogens is 362 g/mol. The van der Waals surface area contributed by atoms with E-state index >= 15 is 0 Å². The zero-order valence-electron chi connectivity index (χ0n) is 14.1. The Morgan fingerprint density at radius 1 is 0.704 bits per heavy atom. The Bertz CT molecular complexity index is 1160. The minimum Gasteiger partial charge on any atom is -0.384 e. The van der Waals surface area contributed by atoms with Crippen molar-refractivity contribution in [2.45, 2.75) is 6.10 Å². The second-order valence-corrected chi connectivity index (χ2v) is 7.63. The number of thiophene rings is 1. The maximum Gasteiger partial charge on any atom is 0.123 e. The molecule has 0 saturated heterocycles. The molecule has 3 aromatic carbocycles. The van der Waals surface area contributed by atoms with Crippen LogP contribution in [-0.4, -0.2) is 5.11 Å². The smallest absolute Gasteiger partial charge is 0.123 e. The zero-order valence-corrected chi connectivity index (χ0v) is 14.9. The third-order valence-corrected chi connectivity index (χ3v) is 6.18. The van der Waals surface area contributed by atoms with E-state index in [9.17, 15) is 13.9 Å². The van der Waals surface area contributed by atoms with Crippen LogP contribution in [-0.2, 0) is 0 Å². The van der Waals surface area contributed by atoms with Crippen molar-refractivity contribution in [2.24, 2.45) is 0 Å². The molecule has 1 unspecified atom stereocenters. The van der Waals surface area contributed by atoms with E-state index in [4.69, 9.17) is 0 Å². The monoisotopic (exact) mass is 376 g/mol. The van der Waals surface area contributed by atoms with Gasteiger partial charge in [-0.2, -0.15) is 0 Å². The lowest BCUT2D eigenvalue weighted by Gasteiger charge is -2.14. The fourth-order valence-electron chi connectivity index (χ4n) is 3.66. The lowest BCUT2D eigenvalue weighted by atomic mass is 9.96.